The number of carbonyl (C=O) groups is 2. The van der Waals surface area contributed by atoms with Gasteiger partial charge in [-0.3, -0.25) is 4.79 Å². The molecule has 2 saturated heterocycles. The summed E-state index contributed by atoms with van der Waals surface area (Å²) in [7, 11) is 0. The molecule has 3 fully saturated rings. The van der Waals surface area contributed by atoms with Gasteiger partial charge in [0, 0.05) is 25.8 Å². The molecule has 1 aromatic carbocycles. The standard InChI is InChI=1S/C20H25FN2O5/c21-14-5-6-17(28-11-15-4-2-8-27-15)16(9-14)22-19(26)23-10-13-3-1-7-20(13,12-23)18(24)25/h5-6,9,13,15H,1-4,7-8,10-12H2,(H,22,26)(H,24,25)/t13-,15?,20+/m0/s1. The highest BCUT2D eigenvalue weighted by Gasteiger charge is 2.55. The van der Waals surface area contributed by atoms with Crippen molar-refractivity contribution < 1.29 is 28.6 Å². The average Bonchev–Trinajstić information content (AvgIpc) is 3.37. The first-order valence-electron chi connectivity index (χ1n) is 9.81. The fourth-order valence-electron chi connectivity index (χ4n) is 4.67. The lowest BCUT2D eigenvalue weighted by Gasteiger charge is -2.23. The van der Waals surface area contributed by atoms with Gasteiger partial charge in [0.1, 0.15) is 18.2 Å². The van der Waals surface area contributed by atoms with Gasteiger partial charge < -0.3 is 24.8 Å². The number of rotatable bonds is 5. The summed E-state index contributed by atoms with van der Waals surface area (Å²) in [6.45, 7) is 1.63. The Morgan fingerprint density at radius 3 is 2.93 bits per heavy atom. The van der Waals surface area contributed by atoms with Gasteiger partial charge in [0.05, 0.1) is 17.2 Å². The Labute approximate surface area is 162 Å². The van der Waals surface area contributed by atoms with Crippen molar-refractivity contribution in [1.29, 1.82) is 0 Å². The van der Waals surface area contributed by atoms with Gasteiger partial charge in [-0.15, -0.1) is 0 Å². The van der Waals surface area contributed by atoms with Gasteiger partial charge in [0.15, 0.2) is 0 Å². The van der Waals surface area contributed by atoms with Crippen LogP contribution in [0.15, 0.2) is 18.2 Å². The summed E-state index contributed by atoms with van der Waals surface area (Å²) >= 11 is 0. The third-order valence-electron chi connectivity index (χ3n) is 6.22. The molecule has 0 aromatic heterocycles. The van der Waals surface area contributed by atoms with Crippen molar-refractivity contribution in [3.05, 3.63) is 24.0 Å². The molecule has 2 aliphatic heterocycles. The number of nitrogens with one attached hydrogen (secondary N) is 1. The van der Waals surface area contributed by atoms with E-state index in [1.54, 1.807) is 0 Å². The first-order valence-corrected chi connectivity index (χ1v) is 9.81. The normalized spacial score (nSPS) is 29.0. The Hall–Kier alpha value is -2.35. The molecule has 0 radical (unpaired) electrons. The Morgan fingerprint density at radius 1 is 1.36 bits per heavy atom. The van der Waals surface area contributed by atoms with E-state index in [0.29, 0.717) is 31.9 Å². The number of carboxylic acid groups (broad SMARTS) is 1. The van der Waals surface area contributed by atoms with Crippen LogP contribution >= 0.6 is 0 Å². The third kappa shape index (κ3) is 3.53. The number of benzene rings is 1. The summed E-state index contributed by atoms with van der Waals surface area (Å²) in [5.41, 5.74) is -0.609. The molecule has 2 N–H and O–H groups in total. The molecule has 1 aromatic rings. The molecule has 3 aliphatic rings. The van der Waals surface area contributed by atoms with E-state index in [9.17, 15) is 19.1 Å². The highest BCUT2D eigenvalue weighted by Crippen LogP contribution is 2.49. The van der Waals surface area contributed by atoms with Crippen molar-refractivity contribution in [2.75, 3.05) is 31.6 Å². The number of amides is 2. The highest BCUT2D eigenvalue weighted by molar-refractivity contribution is 5.92. The minimum Gasteiger partial charge on any atom is -0.489 e. The van der Waals surface area contributed by atoms with Crippen LogP contribution in [-0.4, -0.2) is 54.4 Å². The van der Waals surface area contributed by atoms with Crippen molar-refractivity contribution in [3.8, 4) is 5.75 Å². The van der Waals surface area contributed by atoms with Crippen molar-refractivity contribution >= 4 is 17.7 Å². The lowest BCUT2D eigenvalue weighted by Crippen LogP contribution is -2.38. The largest absolute Gasteiger partial charge is 0.489 e. The quantitative estimate of drug-likeness (QED) is 0.804. The van der Waals surface area contributed by atoms with Crippen LogP contribution in [0.25, 0.3) is 0 Å². The van der Waals surface area contributed by atoms with Crippen molar-refractivity contribution in [2.45, 2.75) is 38.2 Å². The maximum absolute atomic E-state index is 13.7. The maximum atomic E-state index is 13.7. The number of hydrogen-bond donors (Lipinski definition) is 2. The number of urea groups is 1. The highest BCUT2D eigenvalue weighted by atomic mass is 19.1. The number of hydrogen-bond acceptors (Lipinski definition) is 4. The summed E-state index contributed by atoms with van der Waals surface area (Å²) < 4.78 is 25.0. The molecule has 0 spiro atoms. The van der Waals surface area contributed by atoms with Crippen LogP contribution in [0.4, 0.5) is 14.9 Å². The fraction of sp³-hybridized carbons (Fsp3) is 0.600. The SMILES string of the molecule is O=C(Nc1cc(F)ccc1OCC1CCCO1)N1C[C@@H]2CCC[C@@]2(C(=O)O)C1. The van der Waals surface area contributed by atoms with Gasteiger partial charge in [-0.05, 0) is 43.7 Å². The molecule has 3 atom stereocenters. The summed E-state index contributed by atoms with van der Waals surface area (Å²) in [6, 6.07) is 3.55. The number of nitrogens with zero attached hydrogens (tertiary/aromatic N) is 1. The van der Waals surface area contributed by atoms with Crippen LogP contribution in [0, 0.1) is 17.2 Å². The first-order chi connectivity index (χ1) is 13.5. The molecule has 28 heavy (non-hydrogen) atoms. The minimum atomic E-state index is -0.849. The van der Waals surface area contributed by atoms with Gasteiger partial charge in [-0.25, -0.2) is 9.18 Å². The van der Waals surface area contributed by atoms with E-state index in [1.165, 1.54) is 23.1 Å². The second-order valence-electron chi connectivity index (χ2n) is 7.95. The number of fused-ring (bicyclic) bond motifs is 1. The van der Waals surface area contributed by atoms with E-state index in [4.69, 9.17) is 9.47 Å². The molecule has 7 nitrogen and oxygen atoms in total. The number of likely N-dealkylation sites (tertiary alicyclic amines) is 1. The first kappa shape index (κ1) is 19.0. The second-order valence-corrected chi connectivity index (χ2v) is 7.95. The van der Waals surface area contributed by atoms with Crippen LogP contribution in [0.2, 0.25) is 0 Å². The monoisotopic (exact) mass is 392 g/mol. The topological polar surface area (TPSA) is 88.1 Å². The number of carbonyl (C=O) groups excluding carboxylic acids is 1. The molecule has 152 valence electrons. The molecule has 8 heteroatoms. The van der Waals surface area contributed by atoms with E-state index in [0.717, 1.165) is 25.7 Å². The van der Waals surface area contributed by atoms with E-state index >= 15 is 0 Å². The van der Waals surface area contributed by atoms with Crippen LogP contribution in [0.1, 0.15) is 32.1 Å². The molecule has 0 bridgehead atoms. The zero-order valence-electron chi connectivity index (χ0n) is 15.7. The summed E-state index contributed by atoms with van der Waals surface area (Å²) in [6.07, 6.45) is 4.18. The zero-order chi connectivity index (χ0) is 19.7. The predicted molar refractivity (Wildman–Crippen MR) is 98.9 cm³/mol. The smallest absolute Gasteiger partial charge is 0.321 e. The molecule has 2 amide bonds. The van der Waals surface area contributed by atoms with Gasteiger partial charge in [0.2, 0.25) is 0 Å². The Bertz CT molecular complexity index is 767. The van der Waals surface area contributed by atoms with Crippen molar-refractivity contribution in [3.63, 3.8) is 0 Å². The molecule has 2 heterocycles. The van der Waals surface area contributed by atoms with Gasteiger partial charge in [-0.1, -0.05) is 6.42 Å². The summed E-state index contributed by atoms with van der Waals surface area (Å²) in [5.74, 6) is -0.979. The number of halogens is 1. The molecular formula is C20H25FN2O5. The Morgan fingerprint density at radius 2 is 2.21 bits per heavy atom. The van der Waals surface area contributed by atoms with E-state index in [-0.39, 0.29) is 24.3 Å². The van der Waals surface area contributed by atoms with Crippen LogP contribution in [0.5, 0.6) is 5.75 Å². The minimum absolute atomic E-state index is 0.00184. The lowest BCUT2D eigenvalue weighted by atomic mass is 9.81. The molecular weight excluding hydrogens is 367 g/mol. The van der Waals surface area contributed by atoms with Gasteiger partial charge >= 0.3 is 12.0 Å². The fourth-order valence-corrected chi connectivity index (χ4v) is 4.67. The Kier molecular flexibility index (Phi) is 5.14. The van der Waals surface area contributed by atoms with Gasteiger partial charge in [0.25, 0.3) is 0 Å². The van der Waals surface area contributed by atoms with Gasteiger partial charge in [-0.2, -0.15) is 0 Å². The van der Waals surface area contributed by atoms with E-state index in [2.05, 4.69) is 5.32 Å². The summed E-state index contributed by atoms with van der Waals surface area (Å²) in [4.78, 5) is 26.1. The Balaban J connectivity index is 1.44. The molecule has 1 saturated carbocycles. The molecule has 4 rings (SSSR count). The molecule has 1 aliphatic carbocycles. The number of carboxylic acids is 1. The lowest BCUT2D eigenvalue weighted by molar-refractivity contribution is -0.149. The average molecular weight is 392 g/mol. The molecule has 1 unspecified atom stereocenters. The van der Waals surface area contributed by atoms with Crippen LogP contribution in [-0.2, 0) is 9.53 Å². The van der Waals surface area contributed by atoms with E-state index < -0.39 is 23.2 Å². The number of anilines is 1. The zero-order valence-corrected chi connectivity index (χ0v) is 15.7. The second kappa shape index (κ2) is 7.58. The van der Waals surface area contributed by atoms with Crippen LogP contribution in [0.3, 0.4) is 0 Å². The van der Waals surface area contributed by atoms with Crippen molar-refractivity contribution in [2.24, 2.45) is 11.3 Å². The third-order valence-corrected chi connectivity index (χ3v) is 6.22. The van der Waals surface area contributed by atoms with Crippen molar-refractivity contribution in [1.82, 2.24) is 4.90 Å². The van der Waals surface area contributed by atoms with E-state index in [1.807, 2.05) is 0 Å². The number of ether oxygens (including phenoxy) is 2. The van der Waals surface area contributed by atoms with Crippen LogP contribution < -0.4 is 10.1 Å². The predicted octanol–water partition coefficient (Wildman–Crippen LogP) is 3.10. The number of aliphatic carboxylic acids is 1. The maximum Gasteiger partial charge on any atom is 0.321 e. The summed E-state index contributed by atoms with van der Waals surface area (Å²) in [5, 5.41) is 12.4.